The number of amidine groups is 1. The van der Waals surface area contributed by atoms with Gasteiger partial charge in [-0.05, 0) is 86.5 Å². The Kier molecular flexibility index (Phi) is 6.62. The maximum absolute atomic E-state index is 12.3. The fourth-order valence-corrected chi connectivity index (χ4v) is 4.18. The van der Waals surface area contributed by atoms with Crippen LogP contribution in [0, 0.1) is 13.8 Å². The number of carbonyl (C=O) groups is 1. The Morgan fingerprint density at radius 2 is 1.71 bits per heavy atom. The number of carbonyl (C=O) groups excluding carboxylic acids is 1. The van der Waals surface area contributed by atoms with Gasteiger partial charge >= 0.3 is 0 Å². The van der Waals surface area contributed by atoms with Crippen LogP contribution in [0.3, 0.4) is 0 Å². The number of aliphatic imine (C=N–C) groups is 1. The fourth-order valence-electron chi connectivity index (χ4n) is 3.11. The maximum atomic E-state index is 12.3. The van der Waals surface area contributed by atoms with Crippen LogP contribution in [0.25, 0.3) is 6.08 Å². The van der Waals surface area contributed by atoms with Crippen LogP contribution in [0.2, 0.25) is 0 Å². The lowest BCUT2D eigenvalue weighted by atomic mass is 10.1. The highest BCUT2D eigenvalue weighted by atomic mass is 79.9. The van der Waals surface area contributed by atoms with Crippen molar-refractivity contribution in [3.05, 3.63) is 62.5 Å². The number of thioether (sulfide) groups is 1. The minimum atomic E-state index is -0.109. The van der Waals surface area contributed by atoms with E-state index in [1.165, 1.54) is 17.4 Å². The smallest absolute Gasteiger partial charge is 0.264 e. The number of nitrogens with one attached hydrogen (secondary N) is 1. The van der Waals surface area contributed by atoms with Crippen LogP contribution >= 0.6 is 27.7 Å². The normalized spacial score (nSPS) is 16.7. The molecule has 2 aromatic rings. The second-order valence-corrected chi connectivity index (χ2v) is 8.46. The summed E-state index contributed by atoms with van der Waals surface area (Å²) in [6.45, 7) is 10.3. The first-order valence-electron chi connectivity index (χ1n) is 9.32. The summed E-state index contributed by atoms with van der Waals surface area (Å²) in [5.41, 5.74) is 5.28. The molecule has 2 aromatic carbocycles. The highest BCUT2D eigenvalue weighted by molar-refractivity contribution is 9.10. The number of hydrogen-bond acceptors (Lipinski definition) is 4. The minimum Gasteiger partial charge on any atom is -0.372 e. The molecule has 0 aliphatic carbocycles. The Morgan fingerprint density at radius 1 is 1.11 bits per heavy atom. The Bertz CT molecular complexity index is 924. The predicted octanol–water partition coefficient (Wildman–Crippen LogP) is 5.80. The molecule has 1 saturated heterocycles. The van der Waals surface area contributed by atoms with Gasteiger partial charge in [-0.25, -0.2) is 4.99 Å². The van der Waals surface area contributed by atoms with Crippen molar-refractivity contribution in [2.24, 2.45) is 4.99 Å². The van der Waals surface area contributed by atoms with Gasteiger partial charge < -0.3 is 10.2 Å². The quantitative estimate of drug-likeness (QED) is 0.576. The Balaban J connectivity index is 1.79. The minimum absolute atomic E-state index is 0.109. The van der Waals surface area contributed by atoms with Crippen molar-refractivity contribution in [2.75, 3.05) is 18.0 Å². The van der Waals surface area contributed by atoms with Crippen LogP contribution < -0.4 is 10.2 Å². The number of halogens is 1. The largest absolute Gasteiger partial charge is 0.372 e. The van der Waals surface area contributed by atoms with Gasteiger partial charge in [0.25, 0.3) is 5.91 Å². The molecule has 0 saturated carbocycles. The maximum Gasteiger partial charge on any atom is 0.264 e. The second kappa shape index (κ2) is 8.97. The van der Waals surface area contributed by atoms with E-state index in [2.05, 4.69) is 57.1 Å². The van der Waals surface area contributed by atoms with Gasteiger partial charge in [-0.3, -0.25) is 4.79 Å². The Hall–Kier alpha value is -2.05. The van der Waals surface area contributed by atoms with E-state index in [1.807, 2.05) is 44.2 Å². The summed E-state index contributed by atoms with van der Waals surface area (Å²) >= 11 is 4.94. The van der Waals surface area contributed by atoms with E-state index < -0.39 is 0 Å². The van der Waals surface area contributed by atoms with Crippen molar-refractivity contribution >= 4 is 56.2 Å². The molecule has 0 atom stereocenters. The van der Waals surface area contributed by atoms with Crippen LogP contribution in [0.4, 0.5) is 11.4 Å². The average molecular weight is 458 g/mol. The molecule has 0 unspecified atom stereocenters. The van der Waals surface area contributed by atoms with E-state index in [1.54, 1.807) is 0 Å². The van der Waals surface area contributed by atoms with Gasteiger partial charge in [0, 0.05) is 23.2 Å². The summed E-state index contributed by atoms with van der Waals surface area (Å²) in [4.78, 5) is 19.9. The second-order valence-electron chi connectivity index (χ2n) is 6.64. The van der Waals surface area contributed by atoms with Crippen molar-refractivity contribution in [3.63, 3.8) is 0 Å². The Labute approximate surface area is 179 Å². The van der Waals surface area contributed by atoms with Crippen LogP contribution in [0.5, 0.6) is 0 Å². The Morgan fingerprint density at radius 3 is 2.29 bits per heavy atom. The molecule has 1 heterocycles. The van der Waals surface area contributed by atoms with Crippen LogP contribution in [0.15, 0.2) is 50.8 Å². The lowest BCUT2D eigenvalue weighted by Gasteiger charge is -2.20. The molecule has 0 aromatic heterocycles. The van der Waals surface area contributed by atoms with Crippen molar-refractivity contribution in [2.45, 2.75) is 27.7 Å². The molecule has 6 heteroatoms. The lowest BCUT2D eigenvalue weighted by Crippen LogP contribution is -2.21. The van der Waals surface area contributed by atoms with Crippen molar-refractivity contribution in [1.82, 2.24) is 5.32 Å². The number of aryl methyl sites for hydroxylation is 2. The summed E-state index contributed by atoms with van der Waals surface area (Å²) in [6, 6.07) is 12.3. The summed E-state index contributed by atoms with van der Waals surface area (Å²) in [7, 11) is 0. The van der Waals surface area contributed by atoms with Crippen molar-refractivity contribution in [1.29, 1.82) is 0 Å². The van der Waals surface area contributed by atoms with E-state index >= 15 is 0 Å². The highest BCUT2D eigenvalue weighted by Gasteiger charge is 2.23. The first-order valence-corrected chi connectivity index (χ1v) is 10.9. The number of hydrogen-bond donors (Lipinski definition) is 1. The number of rotatable bonds is 5. The molecule has 3 rings (SSSR count). The van der Waals surface area contributed by atoms with Gasteiger partial charge in [-0.15, -0.1) is 0 Å². The molecular weight excluding hydrogens is 434 g/mol. The van der Waals surface area contributed by atoms with Gasteiger partial charge in [0.1, 0.15) is 0 Å². The van der Waals surface area contributed by atoms with Crippen LogP contribution in [-0.4, -0.2) is 24.2 Å². The zero-order valence-electron chi connectivity index (χ0n) is 16.5. The third kappa shape index (κ3) is 4.67. The topological polar surface area (TPSA) is 44.7 Å². The zero-order chi connectivity index (χ0) is 20.3. The van der Waals surface area contributed by atoms with E-state index in [9.17, 15) is 4.79 Å². The standard InChI is InChI=1S/C22H24BrN3OS/c1-5-26(6-2)18-9-7-16(8-10-18)13-19-21(27)25-22(28-19)24-17-11-14(3)20(23)15(4)12-17/h7-13H,5-6H2,1-4H3,(H,24,25,27)/b19-13-. The molecule has 146 valence electrons. The number of anilines is 1. The summed E-state index contributed by atoms with van der Waals surface area (Å²) in [5.74, 6) is -0.109. The van der Waals surface area contributed by atoms with Crippen molar-refractivity contribution < 1.29 is 4.79 Å². The molecular formula is C22H24BrN3OS. The molecule has 1 amide bonds. The van der Waals surface area contributed by atoms with Gasteiger partial charge in [0.05, 0.1) is 10.6 Å². The first-order chi connectivity index (χ1) is 13.4. The number of nitrogens with zero attached hydrogens (tertiary/aromatic N) is 2. The molecule has 0 spiro atoms. The summed E-state index contributed by atoms with van der Waals surface area (Å²) in [5, 5.41) is 3.47. The third-order valence-electron chi connectivity index (χ3n) is 4.62. The molecule has 1 aliphatic heterocycles. The van der Waals surface area contributed by atoms with E-state index in [0.717, 1.165) is 39.9 Å². The SMILES string of the molecule is CCN(CC)c1ccc(/C=C2\SC(=Nc3cc(C)c(Br)c(C)c3)NC2=O)cc1. The van der Waals surface area contributed by atoms with E-state index in [-0.39, 0.29) is 5.91 Å². The molecule has 28 heavy (non-hydrogen) atoms. The van der Waals surface area contributed by atoms with E-state index in [4.69, 9.17) is 0 Å². The first kappa shape index (κ1) is 20.7. The van der Waals surface area contributed by atoms with Crippen LogP contribution in [-0.2, 0) is 4.79 Å². The molecule has 0 radical (unpaired) electrons. The number of amides is 1. The molecule has 4 nitrogen and oxygen atoms in total. The molecule has 1 N–H and O–H groups in total. The molecule has 1 aliphatic rings. The molecule has 0 bridgehead atoms. The summed E-state index contributed by atoms with van der Waals surface area (Å²) < 4.78 is 1.09. The monoisotopic (exact) mass is 457 g/mol. The fraction of sp³-hybridized carbons (Fsp3) is 0.273. The number of benzene rings is 2. The molecule has 1 fully saturated rings. The zero-order valence-corrected chi connectivity index (χ0v) is 18.9. The highest BCUT2D eigenvalue weighted by Crippen LogP contribution is 2.31. The van der Waals surface area contributed by atoms with Gasteiger partial charge in [-0.1, -0.05) is 28.1 Å². The lowest BCUT2D eigenvalue weighted by molar-refractivity contribution is -0.115. The van der Waals surface area contributed by atoms with Crippen molar-refractivity contribution in [3.8, 4) is 0 Å². The van der Waals surface area contributed by atoms with Crippen LogP contribution in [0.1, 0.15) is 30.5 Å². The van der Waals surface area contributed by atoms with E-state index in [0.29, 0.717) is 10.1 Å². The van der Waals surface area contributed by atoms with Gasteiger partial charge in [-0.2, -0.15) is 0 Å². The average Bonchev–Trinajstić information content (AvgIpc) is 3.01. The van der Waals surface area contributed by atoms with Gasteiger partial charge in [0.2, 0.25) is 0 Å². The predicted molar refractivity (Wildman–Crippen MR) is 124 cm³/mol. The van der Waals surface area contributed by atoms with Gasteiger partial charge in [0.15, 0.2) is 5.17 Å². The third-order valence-corrected chi connectivity index (χ3v) is 6.78. The summed E-state index contributed by atoms with van der Waals surface area (Å²) in [6.07, 6.45) is 1.91.